The van der Waals surface area contributed by atoms with Crippen LogP contribution in [0, 0.1) is 11.2 Å². The van der Waals surface area contributed by atoms with Gasteiger partial charge in [0.2, 0.25) is 5.88 Å². The van der Waals surface area contributed by atoms with Crippen molar-refractivity contribution in [2.45, 2.75) is 70.9 Å². The molecule has 0 radical (unpaired) electrons. The lowest BCUT2D eigenvalue weighted by Crippen LogP contribution is -2.61. The molecular weight excluding hydrogens is 511 g/mol. The molecule has 6 rings (SSSR count). The predicted octanol–water partition coefficient (Wildman–Crippen LogP) is 5.12. The summed E-state index contributed by atoms with van der Waals surface area (Å²) in [5, 5.41) is 4.48. The Morgan fingerprint density at radius 2 is 1.85 bits per heavy atom. The highest BCUT2D eigenvalue weighted by Gasteiger charge is 2.51. The summed E-state index contributed by atoms with van der Waals surface area (Å²) >= 11 is 0. The average molecular weight is 551 g/mol. The van der Waals surface area contributed by atoms with Crippen LogP contribution < -0.4 is 4.74 Å². The summed E-state index contributed by atoms with van der Waals surface area (Å²) < 4.78 is 25.0. The van der Waals surface area contributed by atoms with E-state index in [-0.39, 0.29) is 17.4 Å². The van der Waals surface area contributed by atoms with E-state index in [2.05, 4.69) is 21.0 Å². The summed E-state index contributed by atoms with van der Waals surface area (Å²) in [5.74, 6) is 1.77. The predicted molar refractivity (Wildman–Crippen MR) is 149 cm³/mol. The van der Waals surface area contributed by atoms with Crippen LogP contribution in [0.1, 0.15) is 70.1 Å². The van der Waals surface area contributed by atoms with E-state index in [4.69, 9.17) is 19.3 Å². The number of halogens is 1. The van der Waals surface area contributed by atoms with Crippen LogP contribution in [0.3, 0.4) is 0 Å². The molecule has 0 N–H and O–H groups in total. The average Bonchev–Trinajstić information content (AvgIpc) is 3.68. The number of rotatable bonds is 8. The van der Waals surface area contributed by atoms with Gasteiger partial charge in [-0.2, -0.15) is 0 Å². The van der Waals surface area contributed by atoms with Crippen LogP contribution in [0.5, 0.6) is 5.88 Å². The van der Waals surface area contributed by atoms with Gasteiger partial charge >= 0.3 is 5.97 Å². The van der Waals surface area contributed by atoms with Crippen molar-refractivity contribution in [3.63, 3.8) is 0 Å². The second kappa shape index (κ2) is 10.7. The standard InChI is InChI=1S/C31H39FN4O4/c1-4-38-28-27(22-8-10-23(32)11-9-22)25(21-6-7-21)16-24(33-28)18-35-19-31(20-35)17-26(34-40-31)36-14-12-30(3,13-15-36)29(37)39-5-2/h8-11,16,21H,4-7,12-15,17-20H2,1-3H3. The highest BCUT2D eigenvalue weighted by Crippen LogP contribution is 2.48. The molecule has 1 saturated carbocycles. The summed E-state index contributed by atoms with van der Waals surface area (Å²) in [6.07, 6.45) is 4.61. The molecule has 4 heterocycles. The van der Waals surface area contributed by atoms with Crippen molar-refractivity contribution in [1.82, 2.24) is 14.8 Å². The normalized spacial score (nSPS) is 21.5. The topological polar surface area (TPSA) is 76.5 Å². The smallest absolute Gasteiger partial charge is 0.311 e. The fourth-order valence-corrected chi connectivity index (χ4v) is 6.26. The fraction of sp³-hybridized carbons (Fsp3) is 0.581. The molecule has 40 heavy (non-hydrogen) atoms. The molecule has 8 nitrogen and oxygen atoms in total. The van der Waals surface area contributed by atoms with Gasteiger partial charge in [-0.1, -0.05) is 17.3 Å². The van der Waals surface area contributed by atoms with Gasteiger partial charge in [-0.25, -0.2) is 9.37 Å². The zero-order chi connectivity index (χ0) is 27.9. The van der Waals surface area contributed by atoms with Gasteiger partial charge in [-0.05, 0) is 81.7 Å². The van der Waals surface area contributed by atoms with Crippen LogP contribution in [-0.2, 0) is 20.9 Å². The molecule has 4 aliphatic rings. The Morgan fingerprint density at radius 3 is 2.50 bits per heavy atom. The molecule has 214 valence electrons. The number of hydrogen-bond donors (Lipinski definition) is 0. The van der Waals surface area contributed by atoms with Crippen molar-refractivity contribution in [3.05, 3.63) is 47.4 Å². The Kier molecular flexibility index (Phi) is 7.19. The number of aromatic nitrogens is 1. The summed E-state index contributed by atoms with van der Waals surface area (Å²) in [7, 11) is 0. The Labute approximate surface area is 235 Å². The van der Waals surface area contributed by atoms with Crippen LogP contribution in [0.25, 0.3) is 11.1 Å². The fourth-order valence-electron chi connectivity index (χ4n) is 6.26. The summed E-state index contributed by atoms with van der Waals surface area (Å²) in [4.78, 5) is 27.9. The van der Waals surface area contributed by atoms with Crippen LogP contribution in [0.4, 0.5) is 4.39 Å². The van der Waals surface area contributed by atoms with E-state index >= 15 is 0 Å². The van der Waals surface area contributed by atoms with Crippen molar-refractivity contribution in [2.24, 2.45) is 10.6 Å². The minimum absolute atomic E-state index is 0.0954. The number of ether oxygens (including phenoxy) is 2. The molecule has 2 aromatic rings. The van der Waals surface area contributed by atoms with Crippen molar-refractivity contribution in [3.8, 4) is 17.0 Å². The maximum Gasteiger partial charge on any atom is 0.311 e. The lowest BCUT2D eigenvalue weighted by atomic mass is 9.80. The highest BCUT2D eigenvalue weighted by atomic mass is 19.1. The first-order chi connectivity index (χ1) is 19.3. The van der Waals surface area contributed by atoms with Gasteiger partial charge in [0, 0.05) is 38.3 Å². The number of esters is 1. The van der Waals surface area contributed by atoms with E-state index in [1.54, 1.807) is 0 Å². The third-order valence-electron chi connectivity index (χ3n) is 8.74. The van der Waals surface area contributed by atoms with Crippen LogP contribution in [0.15, 0.2) is 35.5 Å². The largest absolute Gasteiger partial charge is 0.478 e. The number of oxime groups is 1. The molecule has 1 spiro atoms. The zero-order valence-electron chi connectivity index (χ0n) is 23.7. The Hall–Kier alpha value is -3.20. The number of benzene rings is 1. The van der Waals surface area contributed by atoms with E-state index < -0.39 is 5.41 Å². The van der Waals surface area contributed by atoms with E-state index in [1.807, 2.05) is 32.9 Å². The third-order valence-corrected chi connectivity index (χ3v) is 8.74. The Balaban J connectivity index is 1.09. The third kappa shape index (κ3) is 5.28. The second-order valence-corrected chi connectivity index (χ2v) is 12.0. The molecular formula is C31H39FN4O4. The molecule has 3 aliphatic heterocycles. The zero-order valence-corrected chi connectivity index (χ0v) is 23.7. The van der Waals surface area contributed by atoms with Crippen molar-refractivity contribution >= 4 is 11.8 Å². The number of likely N-dealkylation sites (tertiary alicyclic amines) is 2. The van der Waals surface area contributed by atoms with E-state index in [1.165, 1.54) is 17.7 Å². The quantitative estimate of drug-likeness (QED) is 0.423. The lowest BCUT2D eigenvalue weighted by Gasteiger charge is -2.45. The van der Waals surface area contributed by atoms with E-state index in [9.17, 15) is 9.18 Å². The first kappa shape index (κ1) is 27.0. The SMILES string of the molecule is CCOC(=O)C1(C)CCN(C2=NOC3(C2)CN(Cc2cc(C4CC4)c(-c4ccc(F)cc4)c(OCC)n2)C3)CC1. The van der Waals surface area contributed by atoms with Gasteiger partial charge in [0.05, 0.1) is 30.7 Å². The van der Waals surface area contributed by atoms with Crippen LogP contribution in [-0.4, -0.2) is 71.6 Å². The molecule has 3 fully saturated rings. The minimum atomic E-state index is -0.420. The summed E-state index contributed by atoms with van der Waals surface area (Å²) in [5.41, 5.74) is 3.46. The van der Waals surface area contributed by atoms with Gasteiger partial charge in [-0.3, -0.25) is 9.69 Å². The van der Waals surface area contributed by atoms with Gasteiger partial charge in [-0.15, -0.1) is 0 Å². The molecule has 2 saturated heterocycles. The minimum Gasteiger partial charge on any atom is -0.478 e. The molecule has 1 aromatic carbocycles. The van der Waals surface area contributed by atoms with Crippen LogP contribution in [0.2, 0.25) is 0 Å². The van der Waals surface area contributed by atoms with Gasteiger partial charge in [0.1, 0.15) is 11.7 Å². The van der Waals surface area contributed by atoms with Gasteiger partial charge < -0.3 is 19.2 Å². The number of piperidine rings is 1. The molecule has 0 atom stereocenters. The molecule has 0 amide bonds. The van der Waals surface area contributed by atoms with Crippen molar-refractivity contribution < 1.29 is 23.5 Å². The first-order valence-electron chi connectivity index (χ1n) is 14.6. The molecule has 0 bridgehead atoms. The van der Waals surface area contributed by atoms with Crippen LogP contribution >= 0.6 is 0 Å². The summed E-state index contributed by atoms with van der Waals surface area (Å²) in [6.45, 7) is 10.6. The molecule has 0 unspecified atom stereocenters. The number of carbonyl (C=O) groups excluding carboxylic acids is 1. The number of nitrogens with zero attached hydrogens (tertiary/aromatic N) is 4. The lowest BCUT2D eigenvalue weighted by molar-refractivity contribution is -0.156. The highest BCUT2D eigenvalue weighted by molar-refractivity contribution is 5.85. The van der Waals surface area contributed by atoms with Gasteiger partial charge in [0.25, 0.3) is 0 Å². The maximum atomic E-state index is 13.6. The number of hydrogen-bond acceptors (Lipinski definition) is 8. The maximum absolute atomic E-state index is 13.6. The van der Waals surface area contributed by atoms with Crippen molar-refractivity contribution in [1.29, 1.82) is 0 Å². The van der Waals surface area contributed by atoms with E-state index in [0.717, 1.165) is 80.9 Å². The van der Waals surface area contributed by atoms with Gasteiger partial charge in [0.15, 0.2) is 5.60 Å². The van der Waals surface area contributed by atoms with E-state index in [0.29, 0.717) is 31.6 Å². The number of pyridine rings is 1. The molecule has 1 aromatic heterocycles. The second-order valence-electron chi connectivity index (χ2n) is 12.0. The Bertz CT molecular complexity index is 1280. The molecule has 9 heteroatoms. The molecule has 1 aliphatic carbocycles. The Morgan fingerprint density at radius 1 is 1.12 bits per heavy atom. The van der Waals surface area contributed by atoms with Crippen molar-refractivity contribution in [2.75, 3.05) is 39.4 Å². The first-order valence-corrected chi connectivity index (χ1v) is 14.6. The summed E-state index contributed by atoms with van der Waals surface area (Å²) in [6, 6.07) is 8.84. The number of amidine groups is 1. The monoisotopic (exact) mass is 550 g/mol. The number of carbonyl (C=O) groups is 1.